The zero-order valence-corrected chi connectivity index (χ0v) is 23.8. The van der Waals surface area contributed by atoms with E-state index in [1.807, 2.05) is 30.5 Å². The highest BCUT2D eigenvalue weighted by molar-refractivity contribution is 7.98. The van der Waals surface area contributed by atoms with Crippen molar-refractivity contribution in [1.29, 1.82) is 0 Å². The summed E-state index contributed by atoms with van der Waals surface area (Å²) in [4.78, 5) is 32.6. The number of nitrogens with zero attached hydrogens (tertiary/aromatic N) is 2. The maximum Gasteiger partial charge on any atom is 0.254 e. The fourth-order valence-electron chi connectivity index (χ4n) is 5.14. The third kappa shape index (κ3) is 6.60. The van der Waals surface area contributed by atoms with Crippen LogP contribution in [0.3, 0.4) is 0 Å². The van der Waals surface area contributed by atoms with Gasteiger partial charge in [-0.3, -0.25) is 9.59 Å². The SMILES string of the molecule is CCCN(CCC)CCCNC(=O)[C@@H]1c2cc(OC)c(OC)cc2C(=O)N(C)[C@@H]1c1ccc(SC)cc1. The summed E-state index contributed by atoms with van der Waals surface area (Å²) >= 11 is 1.66. The van der Waals surface area contributed by atoms with Crippen molar-refractivity contribution in [1.82, 2.24) is 15.1 Å². The molecule has 0 aromatic heterocycles. The Morgan fingerprint density at radius 3 is 2.22 bits per heavy atom. The first-order valence-corrected chi connectivity index (χ1v) is 14.3. The van der Waals surface area contributed by atoms with Crippen molar-refractivity contribution in [3.63, 3.8) is 0 Å². The number of ether oxygens (including phenoxy) is 2. The minimum absolute atomic E-state index is 0.0932. The standard InChI is InChI=1S/C29H41N3O4S/c1-7-15-32(16-8-2)17-9-14-30-28(33)26-22-18-24(35-4)25(36-5)19-23(22)29(34)31(3)27(26)20-10-12-21(37-6)13-11-20/h10-13,18-19,26-27H,7-9,14-17H2,1-6H3,(H,30,33)/t26-,27-/m1/s1. The molecule has 0 saturated carbocycles. The van der Waals surface area contributed by atoms with Gasteiger partial charge in [-0.1, -0.05) is 26.0 Å². The van der Waals surface area contributed by atoms with Crippen LogP contribution in [-0.4, -0.2) is 75.3 Å². The summed E-state index contributed by atoms with van der Waals surface area (Å²) in [6.45, 7) is 8.06. The van der Waals surface area contributed by atoms with E-state index in [0.29, 0.717) is 29.2 Å². The molecule has 3 rings (SSSR count). The van der Waals surface area contributed by atoms with Gasteiger partial charge in [0.2, 0.25) is 5.91 Å². The van der Waals surface area contributed by atoms with E-state index in [-0.39, 0.29) is 11.8 Å². The van der Waals surface area contributed by atoms with E-state index in [4.69, 9.17) is 9.47 Å². The number of amides is 2. The molecule has 2 aromatic rings. The summed E-state index contributed by atoms with van der Waals surface area (Å²) in [6, 6.07) is 11.1. The van der Waals surface area contributed by atoms with Crippen LogP contribution >= 0.6 is 11.8 Å². The molecule has 0 radical (unpaired) electrons. The van der Waals surface area contributed by atoms with Crippen LogP contribution in [0.5, 0.6) is 11.5 Å². The Labute approximate surface area is 225 Å². The smallest absolute Gasteiger partial charge is 0.254 e. The molecule has 2 amide bonds. The van der Waals surface area contributed by atoms with Gasteiger partial charge in [-0.2, -0.15) is 0 Å². The van der Waals surface area contributed by atoms with Crippen LogP contribution in [0.2, 0.25) is 0 Å². The summed E-state index contributed by atoms with van der Waals surface area (Å²) in [6.07, 6.45) is 5.14. The molecule has 0 fully saturated rings. The maximum absolute atomic E-state index is 13.8. The van der Waals surface area contributed by atoms with Gasteiger partial charge in [0, 0.05) is 24.1 Å². The Kier molecular flexibility index (Phi) is 10.7. The van der Waals surface area contributed by atoms with E-state index in [0.717, 1.165) is 49.4 Å². The average molecular weight is 528 g/mol. The summed E-state index contributed by atoms with van der Waals surface area (Å²) < 4.78 is 11.0. The van der Waals surface area contributed by atoms with Gasteiger partial charge in [0.25, 0.3) is 5.91 Å². The number of likely N-dealkylation sites (N-methyl/N-ethyl adjacent to an activating group) is 1. The lowest BCUT2D eigenvalue weighted by Crippen LogP contribution is -2.46. The molecule has 0 saturated heterocycles. The molecule has 1 N–H and O–H groups in total. The second-order valence-electron chi connectivity index (χ2n) is 9.39. The van der Waals surface area contributed by atoms with Crippen LogP contribution in [0.25, 0.3) is 0 Å². The van der Waals surface area contributed by atoms with Gasteiger partial charge < -0.3 is 24.6 Å². The van der Waals surface area contributed by atoms with Crippen molar-refractivity contribution >= 4 is 23.6 Å². The van der Waals surface area contributed by atoms with Gasteiger partial charge >= 0.3 is 0 Å². The van der Waals surface area contributed by atoms with Crippen molar-refractivity contribution in [2.24, 2.45) is 0 Å². The summed E-state index contributed by atoms with van der Waals surface area (Å²) in [5.41, 5.74) is 2.05. The first-order chi connectivity index (χ1) is 17.9. The fraction of sp³-hybridized carbons (Fsp3) is 0.517. The minimum atomic E-state index is -0.583. The number of methoxy groups -OCH3 is 2. The highest BCUT2D eigenvalue weighted by atomic mass is 32.2. The Morgan fingerprint density at radius 1 is 1.03 bits per heavy atom. The predicted octanol–water partition coefficient (Wildman–Crippen LogP) is 4.96. The van der Waals surface area contributed by atoms with Gasteiger partial charge in [0.05, 0.1) is 26.2 Å². The lowest BCUT2D eigenvalue weighted by molar-refractivity contribution is -0.124. The molecule has 0 unspecified atom stereocenters. The van der Waals surface area contributed by atoms with Crippen molar-refractivity contribution in [3.8, 4) is 11.5 Å². The van der Waals surface area contributed by atoms with E-state index in [1.54, 1.807) is 50.1 Å². The predicted molar refractivity (Wildman–Crippen MR) is 150 cm³/mol. The van der Waals surface area contributed by atoms with E-state index in [1.165, 1.54) is 0 Å². The number of fused-ring (bicyclic) bond motifs is 1. The molecule has 1 aliphatic heterocycles. The van der Waals surface area contributed by atoms with Crippen LogP contribution in [0.1, 0.15) is 66.6 Å². The maximum atomic E-state index is 13.8. The number of nitrogens with one attached hydrogen (secondary N) is 1. The monoisotopic (exact) mass is 527 g/mol. The minimum Gasteiger partial charge on any atom is -0.493 e. The van der Waals surface area contributed by atoms with Gasteiger partial charge in [0.1, 0.15) is 0 Å². The molecule has 8 heteroatoms. The molecular weight excluding hydrogens is 486 g/mol. The topological polar surface area (TPSA) is 71.1 Å². The largest absolute Gasteiger partial charge is 0.493 e. The zero-order chi connectivity index (χ0) is 26.9. The fourth-order valence-corrected chi connectivity index (χ4v) is 5.55. The number of carbonyl (C=O) groups is 2. The number of hydrogen-bond acceptors (Lipinski definition) is 6. The molecule has 2 aromatic carbocycles. The zero-order valence-electron chi connectivity index (χ0n) is 23.0. The Bertz CT molecular complexity index is 1050. The van der Waals surface area contributed by atoms with Gasteiger partial charge in [0.15, 0.2) is 11.5 Å². The molecule has 37 heavy (non-hydrogen) atoms. The van der Waals surface area contributed by atoms with Crippen LogP contribution in [0.4, 0.5) is 0 Å². The molecule has 1 aliphatic rings. The molecule has 2 atom stereocenters. The average Bonchev–Trinajstić information content (AvgIpc) is 2.92. The van der Waals surface area contributed by atoms with Crippen molar-refractivity contribution < 1.29 is 19.1 Å². The highest BCUT2D eigenvalue weighted by Crippen LogP contribution is 2.45. The van der Waals surface area contributed by atoms with Gasteiger partial charge in [-0.15, -0.1) is 11.8 Å². The Morgan fingerprint density at radius 2 is 1.65 bits per heavy atom. The van der Waals surface area contributed by atoms with E-state index >= 15 is 0 Å². The molecule has 7 nitrogen and oxygen atoms in total. The number of carbonyl (C=O) groups excluding carboxylic acids is 2. The normalized spacial score (nSPS) is 17.1. The van der Waals surface area contributed by atoms with Crippen molar-refractivity contribution in [3.05, 3.63) is 53.1 Å². The molecule has 202 valence electrons. The number of thioether (sulfide) groups is 1. The van der Waals surface area contributed by atoms with Crippen LogP contribution in [-0.2, 0) is 4.79 Å². The molecular formula is C29H41N3O4S. The number of benzene rings is 2. The second-order valence-corrected chi connectivity index (χ2v) is 10.3. The molecule has 1 heterocycles. The highest BCUT2D eigenvalue weighted by Gasteiger charge is 2.43. The van der Waals surface area contributed by atoms with Crippen molar-refractivity contribution in [2.75, 3.05) is 53.7 Å². The lowest BCUT2D eigenvalue weighted by Gasteiger charge is -2.40. The van der Waals surface area contributed by atoms with Crippen LogP contribution in [0.15, 0.2) is 41.3 Å². The molecule has 0 aliphatic carbocycles. The van der Waals surface area contributed by atoms with E-state index in [2.05, 4.69) is 24.1 Å². The van der Waals surface area contributed by atoms with Crippen LogP contribution in [0, 0.1) is 0 Å². The third-order valence-electron chi connectivity index (χ3n) is 6.94. The summed E-state index contributed by atoms with van der Waals surface area (Å²) in [5, 5.41) is 3.18. The second kappa shape index (κ2) is 13.7. The Hall–Kier alpha value is -2.71. The summed E-state index contributed by atoms with van der Waals surface area (Å²) in [5.74, 6) is 0.151. The first-order valence-electron chi connectivity index (χ1n) is 13.1. The molecule has 0 bridgehead atoms. The van der Waals surface area contributed by atoms with Crippen molar-refractivity contribution in [2.45, 2.75) is 50.0 Å². The third-order valence-corrected chi connectivity index (χ3v) is 7.69. The molecule has 0 spiro atoms. The van der Waals surface area contributed by atoms with Gasteiger partial charge in [-0.05, 0) is 80.5 Å². The first kappa shape index (κ1) is 28.9. The number of rotatable bonds is 13. The quantitative estimate of drug-likeness (QED) is 0.293. The Balaban J connectivity index is 1.94. The number of hydrogen-bond donors (Lipinski definition) is 1. The van der Waals surface area contributed by atoms with Crippen LogP contribution < -0.4 is 14.8 Å². The lowest BCUT2D eigenvalue weighted by atomic mass is 9.79. The van der Waals surface area contributed by atoms with E-state index in [9.17, 15) is 9.59 Å². The van der Waals surface area contributed by atoms with Gasteiger partial charge in [-0.25, -0.2) is 0 Å². The van der Waals surface area contributed by atoms with E-state index < -0.39 is 12.0 Å². The summed E-state index contributed by atoms with van der Waals surface area (Å²) in [7, 11) is 4.87.